The van der Waals surface area contributed by atoms with Gasteiger partial charge in [0.05, 0.1) is 12.1 Å². The summed E-state index contributed by atoms with van der Waals surface area (Å²) >= 11 is 3.46. The molecule has 2 aromatic rings. The number of nitrogens with zero attached hydrogens (tertiary/aromatic N) is 3. The molecule has 0 spiro atoms. The van der Waals surface area contributed by atoms with E-state index in [2.05, 4.69) is 22.5 Å². The van der Waals surface area contributed by atoms with Crippen LogP contribution in [0.3, 0.4) is 0 Å². The highest BCUT2D eigenvalue weighted by atomic mass is 79.9. The van der Waals surface area contributed by atoms with Gasteiger partial charge in [0.15, 0.2) is 0 Å². The molecule has 1 aromatic carbocycles. The van der Waals surface area contributed by atoms with Crippen molar-refractivity contribution in [2.45, 2.75) is 25.6 Å². The van der Waals surface area contributed by atoms with E-state index < -0.39 is 0 Å². The Bertz CT molecular complexity index is 814. The molecule has 0 aliphatic carbocycles. The first kappa shape index (κ1) is 16.8. The van der Waals surface area contributed by atoms with Gasteiger partial charge in [0, 0.05) is 35.2 Å². The van der Waals surface area contributed by atoms with E-state index in [1.54, 1.807) is 9.80 Å². The smallest absolute Gasteiger partial charge is 0.246 e. The van der Waals surface area contributed by atoms with Gasteiger partial charge in [-0.25, -0.2) is 0 Å². The maximum Gasteiger partial charge on any atom is 0.246 e. The molecular weight excluding hydrogens is 370 g/mol. The molecule has 5 nitrogen and oxygen atoms in total. The van der Waals surface area contributed by atoms with Crippen LogP contribution in [-0.4, -0.2) is 51.9 Å². The average Bonchev–Trinajstić information content (AvgIpc) is 2.94. The van der Waals surface area contributed by atoms with Crippen LogP contribution in [0.1, 0.15) is 6.92 Å². The van der Waals surface area contributed by atoms with Gasteiger partial charge in [-0.05, 0) is 37.3 Å². The minimum absolute atomic E-state index is 0.0156. The molecule has 0 N–H and O–H groups in total. The van der Waals surface area contributed by atoms with Crippen molar-refractivity contribution in [3.8, 4) is 0 Å². The number of amides is 2. The van der Waals surface area contributed by atoms with Crippen LogP contribution in [0.15, 0.2) is 47.6 Å². The zero-order chi connectivity index (χ0) is 17.4. The third-order valence-corrected chi connectivity index (χ3v) is 5.31. The molecule has 2 atom stereocenters. The number of halogens is 1. The van der Waals surface area contributed by atoms with E-state index in [1.807, 2.05) is 49.0 Å². The maximum atomic E-state index is 12.6. The molecule has 0 saturated carbocycles. The Hall–Kier alpha value is -2.08. The lowest BCUT2D eigenvalue weighted by molar-refractivity contribution is -0.148. The van der Waals surface area contributed by atoms with Crippen molar-refractivity contribution < 1.29 is 9.59 Å². The Balaban J connectivity index is 1.68. The lowest BCUT2D eigenvalue weighted by Crippen LogP contribution is -2.67. The number of benzene rings is 1. The van der Waals surface area contributed by atoms with E-state index in [1.165, 1.54) is 6.08 Å². The highest BCUT2D eigenvalue weighted by Gasteiger charge is 2.41. The first-order valence-corrected chi connectivity index (χ1v) is 8.64. The van der Waals surface area contributed by atoms with Crippen LogP contribution in [0.4, 0.5) is 0 Å². The Labute approximate surface area is 149 Å². The van der Waals surface area contributed by atoms with Gasteiger partial charge in [0.25, 0.3) is 0 Å². The van der Waals surface area contributed by atoms with Crippen molar-refractivity contribution in [2.24, 2.45) is 0 Å². The molecule has 6 heteroatoms. The number of rotatable bonds is 4. The maximum absolute atomic E-state index is 12.6. The van der Waals surface area contributed by atoms with Crippen molar-refractivity contribution in [1.82, 2.24) is 14.4 Å². The number of carbonyl (C=O) groups is 2. The lowest BCUT2D eigenvalue weighted by Gasteiger charge is -2.49. The molecule has 3 rings (SSSR count). The molecule has 1 fully saturated rings. The van der Waals surface area contributed by atoms with Crippen LogP contribution in [0, 0.1) is 0 Å². The second kappa shape index (κ2) is 6.43. The number of carbonyl (C=O) groups excluding carboxylic acids is 2. The van der Waals surface area contributed by atoms with E-state index in [0.717, 1.165) is 15.4 Å². The zero-order valence-electron chi connectivity index (χ0n) is 13.8. The summed E-state index contributed by atoms with van der Waals surface area (Å²) in [4.78, 5) is 27.8. The summed E-state index contributed by atoms with van der Waals surface area (Å²) in [6.07, 6.45) is 3.25. The first-order valence-electron chi connectivity index (χ1n) is 7.85. The van der Waals surface area contributed by atoms with Crippen LogP contribution < -0.4 is 0 Å². The van der Waals surface area contributed by atoms with Crippen molar-refractivity contribution in [2.75, 3.05) is 13.6 Å². The van der Waals surface area contributed by atoms with Gasteiger partial charge in [-0.2, -0.15) is 0 Å². The van der Waals surface area contributed by atoms with Crippen LogP contribution >= 0.6 is 15.9 Å². The summed E-state index contributed by atoms with van der Waals surface area (Å²) < 4.78 is 2.97. The van der Waals surface area contributed by atoms with Gasteiger partial charge in [-0.3, -0.25) is 9.59 Å². The van der Waals surface area contributed by atoms with Gasteiger partial charge in [-0.15, -0.1) is 0 Å². The predicted octanol–water partition coefficient (Wildman–Crippen LogP) is 2.65. The van der Waals surface area contributed by atoms with E-state index in [0.29, 0.717) is 13.1 Å². The molecule has 0 bridgehead atoms. The molecule has 2 unspecified atom stereocenters. The van der Waals surface area contributed by atoms with Gasteiger partial charge in [-0.1, -0.05) is 22.5 Å². The Kier molecular flexibility index (Phi) is 4.49. The zero-order valence-corrected chi connectivity index (χ0v) is 15.4. The van der Waals surface area contributed by atoms with Crippen molar-refractivity contribution in [1.29, 1.82) is 0 Å². The van der Waals surface area contributed by atoms with Crippen LogP contribution in [0.5, 0.6) is 0 Å². The number of hydrogen-bond acceptors (Lipinski definition) is 2. The molecular formula is C18H20BrN3O2. The summed E-state index contributed by atoms with van der Waals surface area (Å²) in [6.45, 7) is 6.32. The standard InChI is InChI=1S/C18H20BrN3O2/c1-4-17(23)22-10-16(12(22)2)20(3)18(24)11-21-8-7-13-9-14(19)5-6-15(13)21/h4-9,12,16H,1,10-11H2,2-3H3. The topological polar surface area (TPSA) is 45.6 Å². The summed E-state index contributed by atoms with van der Waals surface area (Å²) in [6, 6.07) is 8.08. The van der Waals surface area contributed by atoms with Crippen LogP contribution in [-0.2, 0) is 16.1 Å². The minimum atomic E-state index is -0.0819. The summed E-state index contributed by atoms with van der Waals surface area (Å²) in [5.74, 6) is -0.0421. The van der Waals surface area contributed by atoms with Gasteiger partial charge in [0.2, 0.25) is 11.8 Å². The third kappa shape index (κ3) is 2.86. The highest BCUT2D eigenvalue weighted by molar-refractivity contribution is 9.10. The van der Waals surface area contributed by atoms with E-state index in [9.17, 15) is 9.59 Å². The number of likely N-dealkylation sites (tertiary alicyclic amines) is 1. The summed E-state index contributed by atoms with van der Waals surface area (Å²) in [7, 11) is 1.81. The largest absolute Gasteiger partial charge is 0.338 e. The van der Waals surface area contributed by atoms with Crippen molar-refractivity contribution in [3.63, 3.8) is 0 Å². The summed E-state index contributed by atoms with van der Waals surface area (Å²) in [5, 5.41) is 1.10. The van der Waals surface area contributed by atoms with Crippen molar-refractivity contribution >= 4 is 38.6 Å². The molecule has 1 aliphatic rings. The molecule has 126 valence electrons. The second-order valence-corrected chi connectivity index (χ2v) is 7.07. The normalized spacial score (nSPS) is 19.9. The Morgan fingerprint density at radius 1 is 1.42 bits per heavy atom. The van der Waals surface area contributed by atoms with E-state index in [4.69, 9.17) is 0 Å². The second-order valence-electron chi connectivity index (χ2n) is 6.15. The van der Waals surface area contributed by atoms with E-state index in [-0.39, 0.29) is 23.9 Å². The SMILES string of the molecule is C=CC(=O)N1CC(N(C)C(=O)Cn2ccc3cc(Br)ccc32)C1C. The molecule has 0 radical (unpaired) electrons. The Morgan fingerprint density at radius 3 is 2.83 bits per heavy atom. The third-order valence-electron chi connectivity index (χ3n) is 4.82. The number of likely N-dealkylation sites (N-methyl/N-ethyl adjacent to an activating group) is 1. The van der Waals surface area contributed by atoms with E-state index >= 15 is 0 Å². The lowest BCUT2D eigenvalue weighted by atomic mass is 9.96. The minimum Gasteiger partial charge on any atom is -0.338 e. The van der Waals surface area contributed by atoms with Gasteiger partial charge in [0.1, 0.15) is 6.54 Å². The number of fused-ring (bicyclic) bond motifs is 1. The highest BCUT2D eigenvalue weighted by Crippen LogP contribution is 2.24. The van der Waals surface area contributed by atoms with Crippen LogP contribution in [0.2, 0.25) is 0 Å². The molecule has 24 heavy (non-hydrogen) atoms. The molecule has 2 amide bonds. The van der Waals surface area contributed by atoms with Gasteiger partial charge >= 0.3 is 0 Å². The molecule has 1 saturated heterocycles. The predicted molar refractivity (Wildman–Crippen MR) is 97.6 cm³/mol. The van der Waals surface area contributed by atoms with Crippen LogP contribution in [0.25, 0.3) is 10.9 Å². The average molecular weight is 390 g/mol. The number of hydrogen-bond donors (Lipinski definition) is 0. The molecule has 1 aromatic heterocycles. The fourth-order valence-electron chi connectivity index (χ4n) is 3.20. The quantitative estimate of drug-likeness (QED) is 0.754. The Morgan fingerprint density at radius 2 is 2.17 bits per heavy atom. The molecule has 1 aliphatic heterocycles. The fraction of sp³-hybridized carbons (Fsp3) is 0.333. The summed E-state index contributed by atoms with van der Waals surface area (Å²) in [5.41, 5.74) is 1.03. The first-order chi connectivity index (χ1) is 11.4. The van der Waals surface area contributed by atoms with Gasteiger partial charge < -0.3 is 14.4 Å². The van der Waals surface area contributed by atoms with Crippen molar-refractivity contribution in [3.05, 3.63) is 47.6 Å². The fourth-order valence-corrected chi connectivity index (χ4v) is 3.57. The molecule has 2 heterocycles. The number of aromatic nitrogens is 1. The monoisotopic (exact) mass is 389 g/mol.